The van der Waals surface area contributed by atoms with Crippen molar-refractivity contribution in [1.82, 2.24) is 24.5 Å². The Morgan fingerprint density at radius 3 is 2.55 bits per heavy atom. The number of nitrogens with one attached hydrogen (secondary N) is 1. The number of benzene rings is 2. The minimum Gasteiger partial charge on any atom is -0.322 e. The molecule has 1 N–H and O–H groups in total. The topological polar surface area (TPSA) is 127 Å². The van der Waals surface area contributed by atoms with Crippen LogP contribution in [-0.4, -0.2) is 50.8 Å². The number of aromatic nitrogens is 4. The number of carbonyl (C=O) groups excluding carboxylic acids is 2. The lowest BCUT2D eigenvalue weighted by atomic mass is 10.1. The van der Waals surface area contributed by atoms with Crippen LogP contribution in [0.2, 0.25) is 0 Å². The lowest BCUT2D eigenvalue weighted by molar-refractivity contribution is 0.0846. The molecule has 3 aromatic rings. The van der Waals surface area contributed by atoms with Crippen LogP contribution in [0.5, 0.6) is 0 Å². The number of tetrazole rings is 1. The SMILES string of the molecule is Cc1nnnn1-c1cc(NC(=O)c2ccc3c(c2)S(=O)(=O)N(C(C)C)C3=O)ccc1F. The molecule has 2 heterocycles. The fourth-order valence-corrected chi connectivity index (χ4v) is 5.10. The van der Waals surface area contributed by atoms with Gasteiger partial charge in [0.25, 0.3) is 21.8 Å². The maximum Gasteiger partial charge on any atom is 0.269 e. The molecule has 0 bridgehead atoms. The van der Waals surface area contributed by atoms with E-state index in [-0.39, 0.29) is 27.4 Å². The Hall–Kier alpha value is -3.67. The second-order valence-electron chi connectivity index (χ2n) is 7.17. The standard InChI is InChI=1S/C19H17FN6O4S/c1-10(2)26-19(28)14-6-4-12(8-17(14)31(26,29)30)18(27)21-13-5-7-15(20)16(9-13)25-11(3)22-23-24-25/h4-10H,1-3H3,(H,21,27). The number of hydrogen-bond donors (Lipinski definition) is 1. The van der Waals surface area contributed by atoms with Gasteiger partial charge in [0, 0.05) is 17.3 Å². The Morgan fingerprint density at radius 2 is 1.90 bits per heavy atom. The van der Waals surface area contributed by atoms with E-state index in [1.807, 2.05) is 0 Å². The Balaban J connectivity index is 1.66. The van der Waals surface area contributed by atoms with Crippen molar-refractivity contribution in [2.45, 2.75) is 31.7 Å². The van der Waals surface area contributed by atoms with E-state index in [1.54, 1.807) is 20.8 Å². The van der Waals surface area contributed by atoms with E-state index in [2.05, 4.69) is 20.8 Å². The summed E-state index contributed by atoms with van der Waals surface area (Å²) in [6, 6.07) is 7.13. The van der Waals surface area contributed by atoms with Gasteiger partial charge in [0.15, 0.2) is 5.82 Å². The lowest BCUT2D eigenvalue weighted by Crippen LogP contribution is -2.36. The van der Waals surface area contributed by atoms with Crippen LogP contribution >= 0.6 is 0 Å². The van der Waals surface area contributed by atoms with E-state index in [4.69, 9.17) is 0 Å². The first-order valence-corrected chi connectivity index (χ1v) is 10.6. The summed E-state index contributed by atoms with van der Waals surface area (Å²) >= 11 is 0. The third-order valence-electron chi connectivity index (χ3n) is 4.74. The highest BCUT2D eigenvalue weighted by Crippen LogP contribution is 2.32. The van der Waals surface area contributed by atoms with Crippen LogP contribution in [0.4, 0.5) is 10.1 Å². The molecule has 0 aliphatic carbocycles. The molecule has 0 fully saturated rings. The van der Waals surface area contributed by atoms with Crippen LogP contribution in [0, 0.1) is 12.7 Å². The lowest BCUT2D eigenvalue weighted by Gasteiger charge is -2.18. The van der Waals surface area contributed by atoms with Gasteiger partial charge in [0.2, 0.25) is 0 Å². The predicted octanol–water partition coefficient (Wildman–Crippen LogP) is 1.92. The maximum absolute atomic E-state index is 14.2. The summed E-state index contributed by atoms with van der Waals surface area (Å²) in [5.74, 6) is -1.49. The molecular formula is C19H17FN6O4S. The first-order chi connectivity index (χ1) is 14.6. The number of anilines is 1. The molecule has 0 saturated heterocycles. The molecule has 1 aliphatic heterocycles. The average molecular weight is 444 g/mol. The van der Waals surface area contributed by atoms with E-state index in [0.717, 1.165) is 16.4 Å². The Kier molecular flexibility index (Phi) is 4.81. The predicted molar refractivity (Wildman–Crippen MR) is 107 cm³/mol. The molecule has 0 radical (unpaired) electrons. The average Bonchev–Trinajstić information content (AvgIpc) is 3.21. The number of aryl methyl sites for hydroxylation is 1. The van der Waals surface area contributed by atoms with Crippen LogP contribution in [0.3, 0.4) is 0 Å². The van der Waals surface area contributed by atoms with Gasteiger partial charge in [0.1, 0.15) is 16.4 Å². The Labute approximate surface area is 176 Å². The highest BCUT2D eigenvalue weighted by Gasteiger charge is 2.42. The van der Waals surface area contributed by atoms with Gasteiger partial charge < -0.3 is 5.32 Å². The molecule has 12 heteroatoms. The molecule has 160 valence electrons. The maximum atomic E-state index is 14.2. The first kappa shape index (κ1) is 20.6. The van der Waals surface area contributed by atoms with E-state index in [0.29, 0.717) is 5.82 Å². The van der Waals surface area contributed by atoms with Gasteiger partial charge in [0.05, 0.1) is 5.56 Å². The fourth-order valence-electron chi connectivity index (χ4n) is 3.31. The number of rotatable bonds is 4. The van der Waals surface area contributed by atoms with Gasteiger partial charge in [-0.2, -0.15) is 4.68 Å². The number of amides is 2. The number of sulfonamides is 1. The van der Waals surface area contributed by atoms with E-state index >= 15 is 0 Å². The minimum atomic E-state index is -4.04. The summed E-state index contributed by atoms with van der Waals surface area (Å²) in [6.45, 7) is 4.78. The molecule has 2 amide bonds. The van der Waals surface area contributed by atoms with Crippen molar-refractivity contribution in [1.29, 1.82) is 0 Å². The van der Waals surface area contributed by atoms with Crippen molar-refractivity contribution in [3.63, 3.8) is 0 Å². The van der Waals surface area contributed by atoms with Crippen molar-refractivity contribution in [2.24, 2.45) is 0 Å². The minimum absolute atomic E-state index is 0.0171. The van der Waals surface area contributed by atoms with Gasteiger partial charge in [-0.25, -0.2) is 17.1 Å². The molecule has 1 aromatic heterocycles. The zero-order chi connectivity index (χ0) is 22.5. The number of nitrogens with zero attached hydrogens (tertiary/aromatic N) is 5. The fraction of sp³-hybridized carbons (Fsp3) is 0.211. The highest BCUT2D eigenvalue weighted by molar-refractivity contribution is 7.90. The van der Waals surface area contributed by atoms with Crippen molar-refractivity contribution < 1.29 is 22.4 Å². The van der Waals surface area contributed by atoms with E-state index < -0.39 is 33.7 Å². The second-order valence-corrected chi connectivity index (χ2v) is 8.95. The van der Waals surface area contributed by atoms with Crippen molar-refractivity contribution in [3.8, 4) is 5.69 Å². The summed E-state index contributed by atoms with van der Waals surface area (Å²) in [7, 11) is -4.04. The zero-order valence-corrected chi connectivity index (χ0v) is 17.5. The number of carbonyl (C=O) groups is 2. The zero-order valence-electron chi connectivity index (χ0n) is 16.7. The molecule has 0 saturated carbocycles. The van der Waals surface area contributed by atoms with Crippen molar-refractivity contribution in [3.05, 3.63) is 59.2 Å². The molecule has 2 aromatic carbocycles. The Bertz CT molecular complexity index is 1330. The van der Waals surface area contributed by atoms with Gasteiger partial charge in [-0.3, -0.25) is 9.59 Å². The third-order valence-corrected chi connectivity index (χ3v) is 6.74. The number of halogens is 1. The van der Waals surface area contributed by atoms with Gasteiger partial charge in [-0.15, -0.1) is 5.10 Å². The summed E-state index contributed by atoms with van der Waals surface area (Å²) < 4.78 is 41.6. The first-order valence-electron chi connectivity index (χ1n) is 9.20. The monoisotopic (exact) mass is 444 g/mol. The molecule has 31 heavy (non-hydrogen) atoms. The molecule has 10 nitrogen and oxygen atoms in total. The summed E-state index contributed by atoms with van der Waals surface area (Å²) in [5, 5.41) is 13.5. The molecule has 0 spiro atoms. The van der Waals surface area contributed by atoms with Crippen LogP contribution in [0.15, 0.2) is 41.3 Å². The third kappa shape index (κ3) is 3.34. The molecule has 4 rings (SSSR count). The van der Waals surface area contributed by atoms with Crippen LogP contribution in [0.25, 0.3) is 5.69 Å². The van der Waals surface area contributed by atoms with Crippen LogP contribution in [-0.2, 0) is 10.0 Å². The van der Waals surface area contributed by atoms with E-state index in [9.17, 15) is 22.4 Å². The van der Waals surface area contributed by atoms with Gasteiger partial charge in [-0.05, 0) is 67.6 Å². The molecule has 1 aliphatic rings. The largest absolute Gasteiger partial charge is 0.322 e. The molecule has 0 atom stereocenters. The number of hydrogen-bond acceptors (Lipinski definition) is 7. The van der Waals surface area contributed by atoms with Gasteiger partial charge >= 0.3 is 0 Å². The smallest absolute Gasteiger partial charge is 0.269 e. The van der Waals surface area contributed by atoms with Crippen molar-refractivity contribution in [2.75, 3.05) is 5.32 Å². The highest BCUT2D eigenvalue weighted by atomic mass is 32.2. The van der Waals surface area contributed by atoms with Gasteiger partial charge in [-0.1, -0.05) is 0 Å². The number of fused-ring (bicyclic) bond motifs is 1. The summed E-state index contributed by atoms with van der Waals surface area (Å²) in [6.07, 6.45) is 0. The molecular weight excluding hydrogens is 427 g/mol. The summed E-state index contributed by atoms with van der Waals surface area (Å²) in [5.41, 5.74) is 0.336. The van der Waals surface area contributed by atoms with Crippen LogP contribution < -0.4 is 5.32 Å². The second kappa shape index (κ2) is 7.23. The molecule has 0 unspecified atom stereocenters. The normalized spacial score (nSPS) is 14.7. The van der Waals surface area contributed by atoms with Crippen molar-refractivity contribution >= 4 is 27.5 Å². The quantitative estimate of drug-likeness (QED) is 0.651. The summed E-state index contributed by atoms with van der Waals surface area (Å²) in [4.78, 5) is 24.9. The van der Waals surface area contributed by atoms with Crippen LogP contribution in [0.1, 0.15) is 40.4 Å². The Morgan fingerprint density at radius 1 is 1.16 bits per heavy atom. The van der Waals surface area contributed by atoms with E-state index in [1.165, 1.54) is 28.9 Å².